The second-order valence-corrected chi connectivity index (χ2v) is 8.71. The first kappa shape index (κ1) is 23.5. The predicted molar refractivity (Wildman–Crippen MR) is 124 cm³/mol. The lowest BCUT2D eigenvalue weighted by atomic mass is 9.86. The van der Waals surface area contributed by atoms with Gasteiger partial charge in [0, 0.05) is 12.8 Å². The van der Waals surface area contributed by atoms with Crippen molar-refractivity contribution in [3.63, 3.8) is 0 Å². The monoisotopic (exact) mass is 462 g/mol. The molecule has 0 spiro atoms. The molecule has 1 aliphatic rings. The second-order valence-electron chi connectivity index (χ2n) is 8.71. The molecule has 1 saturated heterocycles. The van der Waals surface area contributed by atoms with Crippen LogP contribution in [-0.4, -0.2) is 69.2 Å². The Balaban J connectivity index is 1.46. The number of likely N-dealkylation sites (tertiary alicyclic amines) is 1. The molecule has 0 saturated carbocycles. The van der Waals surface area contributed by atoms with Crippen molar-refractivity contribution in [2.75, 3.05) is 32.1 Å². The van der Waals surface area contributed by atoms with Crippen molar-refractivity contribution in [3.05, 3.63) is 84.4 Å². The van der Waals surface area contributed by atoms with E-state index in [4.69, 9.17) is 4.74 Å². The average Bonchev–Trinajstić information content (AvgIpc) is 3.23. The van der Waals surface area contributed by atoms with Gasteiger partial charge in [-0.2, -0.15) is 0 Å². The second kappa shape index (κ2) is 10.1. The molecule has 9 nitrogen and oxygen atoms in total. The van der Waals surface area contributed by atoms with Gasteiger partial charge >= 0.3 is 5.97 Å². The molecule has 1 amide bonds. The van der Waals surface area contributed by atoms with Crippen molar-refractivity contribution < 1.29 is 23.9 Å². The number of carbonyl (C=O) groups is 2. The number of anilines is 1. The Morgan fingerprint density at radius 3 is 2.24 bits per heavy atom. The number of aliphatic hydroxyl groups is 1. The average molecular weight is 463 g/mol. The lowest BCUT2D eigenvalue weighted by Gasteiger charge is -2.35. The SMILES string of the molecule is C[N@+]1(CC(=O)Nc2ncncn2)CCCC1COC(=O)C(O)(c1ccccc1)c1ccccc1. The van der Waals surface area contributed by atoms with E-state index in [1.54, 1.807) is 48.5 Å². The first-order chi connectivity index (χ1) is 16.4. The summed E-state index contributed by atoms with van der Waals surface area (Å²) in [7, 11) is 1.97. The smallest absolute Gasteiger partial charge is 0.347 e. The quantitative estimate of drug-likeness (QED) is 0.388. The summed E-state index contributed by atoms with van der Waals surface area (Å²) in [4.78, 5) is 37.5. The van der Waals surface area contributed by atoms with Crippen LogP contribution in [0.2, 0.25) is 0 Å². The third kappa shape index (κ3) is 4.95. The van der Waals surface area contributed by atoms with Gasteiger partial charge in [-0.05, 0) is 11.1 Å². The van der Waals surface area contributed by atoms with Gasteiger partial charge in [-0.3, -0.25) is 10.1 Å². The van der Waals surface area contributed by atoms with Crippen LogP contribution in [-0.2, 0) is 19.9 Å². The zero-order valence-corrected chi connectivity index (χ0v) is 19.0. The molecule has 1 unspecified atom stereocenters. The topological polar surface area (TPSA) is 114 Å². The summed E-state index contributed by atoms with van der Waals surface area (Å²) >= 11 is 0. The number of likely N-dealkylation sites (N-methyl/N-ethyl adjacent to an activating group) is 1. The molecule has 2 atom stereocenters. The molecule has 3 aromatic rings. The Morgan fingerprint density at radius 2 is 1.65 bits per heavy atom. The highest BCUT2D eigenvalue weighted by Gasteiger charge is 2.45. The number of carbonyl (C=O) groups excluding carboxylic acids is 2. The van der Waals surface area contributed by atoms with Gasteiger partial charge in [0.25, 0.3) is 5.91 Å². The Kier molecular flexibility index (Phi) is 6.95. The van der Waals surface area contributed by atoms with E-state index in [-0.39, 0.29) is 31.0 Å². The molecule has 1 aromatic heterocycles. The number of benzene rings is 2. The van der Waals surface area contributed by atoms with E-state index in [9.17, 15) is 14.7 Å². The maximum absolute atomic E-state index is 13.3. The summed E-state index contributed by atoms with van der Waals surface area (Å²) in [5.41, 5.74) is -1.06. The largest absolute Gasteiger partial charge is 0.457 e. The molecule has 0 bridgehead atoms. The minimum absolute atomic E-state index is 0.0798. The van der Waals surface area contributed by atoms with E-state index >= 15 is 0 Å². The van der Waals surface area contributed by atoms with Crippen LogP contribution in [0.15, 0.2) is 73.3 Å². The molecule has 2 N–H and O–H groups in total. The van der Waals surface area contributed by atoms with Crippen LogP contribution in [0.5, 0.6) is 0 Å². The van der Waals surface area contributed by atoms with Gasteiger partial charge in [-0.1, -0.05) is 60.7 Å². The van der Waals surface area contributed by atoms with E-state index in [2.05, 4.69) is 20.3 Å². The normalized spacial score (nSPS) is 20.0. The number of ether oxygens (including phenoxy) is 1. The molecule has 0 aliphatic carbocycles. The van der Waals surface area contributed by atoms with Gasteiger partial charge < -0.3 is 14.3 Å². The van der Waals surface area contributed by atoms with E-state index in [0.29, 0.717) is 15.6 Å². The number of amides is 1. The third-order valence-electron chi connectivity index (χ3n) is 6.42. The van der Waals surface area contributed by atoms with E-state index in [0.717, 1.165) is 19.4 Å². The fourth-order valence-electron chi connectivity index (χ4n) is 4.49. The molecule has 2 aromatic carbocycles. The zero-order valence-electron chi connectivity index (χ0n) is 19.0. The number of aromatic nitrogens is 3. The lowest BCUT2D eigenvalue weighted by Crippen LogP contribution is -2.54. The van der Waals surface area contributed by atoms with Crippen molar-refractivity contribution >= 4 is 17.8 Å². The number of nitrogens with zero attached hydrogens (tertiary/aromatic N) is 4. The van der Waals surface area contributed by atoms with Crippen molar-refractivity contribution in [2.24, 2.45) is 0 Å². The Morgan fingerprint density at radius 1 is 1.06 bits per heavy atom. The molecule has 2 heterocycles. The van der Waals surface area contributed by atoms with E-state index in [1.165, 1.54) is 12.7 Å². The molecule has 34 heavy (non-hydrogen) atoms. The molecular formula is C25H28N5O4+. The van der Waals surface area contributed by atoms with Crippen LogP contribution in [0.4, 0.5) is 5.95 Å². The maximum atomic E-state index is 13.3. The summed E-state index contributed by atoms with van der Waals surface area (Å²) in [6.45, 7) is 1.06. The van der Waals surface area contributed by atoms with E-state index < -0.39 is 11.6 Å². The fourth-order valence-corrected chi connectivity index (χ4v) is 4.49. The fraction of sp³-hybridized carbons (Fsp3) is 0.320. The minimum atomic E-state index is -1.93. The third-order valence-corrected chi connectivity index (χ3v) is 6.42. The van der Waals surface area contributed by atoms with Gasteiger partial charge in [0.1, 0.15) is 25.3 Å². The number of quaternary nitrogens is 1. The van der Waals surface area contributed by atoms with E-state index in [1.807, 2.05) is 19.2 Å². The van der Waals surface area contributed by atoms with Gasteiger partial charge in [-0.25, -0.2) is 19.7 Å². The van der Waals surface area contributed by atoms with Crippen molar-refractivity contribution in [2.45, 2.75) is 24.5 Å². The highest BCUT2D eigenvalue weighted by Crippen LogP contribution is 2.32. The standard InChI is InChI=1S/C25H27N5O4/c1-30(15-22(31)29-24-27-17-26-18-28-24)14-8-13-21(30)16-34-23(32)25(33,19-9-4-2-5-10-19)20-11-6-3-7-12-20/h2-7,9-12,17-18,21,33H,8,13-16H2,1H3/p+1/t21?,30-/m1/s1. The van der Waals surface area contributed by atoms with Gasteiger partial charge in [0.2, 0.25) is 11.5 Å². The lowest BCUT2D eigenvalue weighted by molar-refractivity contribution is -0.913. The van der Waals surface area contributed by atoms with Crippen LogP contribution in [0.3, 0.4) is 0 Å². The molecule has 1 aliphatic heterocycles. The number of hydrogen-bond acceptors (Lipinski definition) is 7. The summed E-state index contributed by atoms with van der Waals surface area (Å²) in [5, 5.41) is 14.3. The maximum Gasteiger partial charge on any atom is 0.347 e. The predicted octanol–water partition coefficient (Wildman–Crippen LogP) is 1.90. The number of esters is 1. The van der Waals surface area contributed by atoms with Crippen LogP contribution < -0.4 is 5.32 Å². The highest BCUT2D eigenvalue weighted by atomic mass is 16.6. The van der Waals surface area contributed by atoms with Gasteiger partial charge in [-0.15, -0.1) is 0 Å². The zero-order chi connectivity index (χ0) is 24.0. The number of nitrogens with one attached hydrogen (secondary N) is 1. The molecule has 9 heteroatoms. The van der Waals surface area contributed by atoms with Crippen LogP contribution in [0.1, 0.15) is 24.0 Å². The molecule has 0 radical (unpaired) electrons. The Bertz CT molecular complexity index is 1070. The summed E-state index contributed by atoms with van der Waals surface area (Å²) < 4.78 is 6.14. The molecule has 176 valence electrons. The van der Waals surface area contributed by atoms with Crippen molar-refractivity contribution in [1.82, 2.24) is 15.0 Å². The minimum Gasteiger partial charge on any atom is -0.457 e. The van der Waals surface area contributed by atoms with Crippen LogP contribution >= 0.6 is 0 Å². The first-order valence-corrected chi connectivity index (χ1v) is 11.2. The van der Waals surface area contributed by atoms with Crippen molar-refractivity contribution in [1.29, 1.82) is 0 Å². The van der Waals surface area contributed by atoms with Crippen LogP contribution in [0.25, 0.3) is 0 Å². The Hall–Kier alpha value is -3.69. The Labute approximate surface area is 198 Å². The van der Waals surface area contributed by atoms with Crippen molar-refractivity contribution in [3.8, 4) is 0 Å². The summed E-state index contributed by atoms with van der Waals surface area (Å²) in [5.74, 6) is -0.764. The first-order valence-electron chi connectivity index (χ1n) is 11.2. The summed E-state index contributed by atoms with van der Waals surface area (Å²) in [6.07, 6.45) is 4.34. The van der Waals surface area contributed by atoms with Crippen LogP contribution in [0, 0.1) is 0 Å². The van der Waals surface area contributed by atoms with Gasteiger partial charge in [0.15, 0.2) is 6.54 Å². The molecule has 4 rings (SSSR count). The van der Waals surface area contributed by atoms with Gasteiger partial charge in [0.05, 0.1) is 13.6 Å². The number of rotatable bonds is 8. The summed E-state index contributed by atoms with van der Waals surface area (Å²) in [6, 6.07) is 17.5. The highest BCUT2D eigenvalue weighted by molar-refractivity contribution is 5.89. The number of hydrogen-bond donors (Lipinski definition) is 2. The molecule has 1 fully saturated rings. The molecular weight excluding hydrogens is 434 g/mol.